The van der Waals surface area contributed by atoms with Gasteiger partial charge in [0.15, 0.2) is 11.5 Å². The van der Waals surface area contributed by atoms with Crippen molar-refractivity contribution in [3.63, 3.8) is 0 Å². The molecule has 3 rings (SSSR count). The SMILES string of the molecule is CC(=O)CCn1c(N)nc2cc3c(cc21)OCCO3. The number of nitrogen functional groups attached to an aromatic ring is 1. The fraction of sp³-hybridized carbons (Fsp3) is 0.385. The van der Waals surface area contributed by atoms with E-state index in [2.05, 4.69) is 4.98 Å². The van der Waals surface area contributed by atoms with Crippen molar-refractivity contribution < 1.29 is 14.3 Å². The second-order valence-electron chi connectivity index (χ2n) is 4.56. The molecule has 0 unspecified atom stereocenters. The van der Waals surface area contributed by atoms with Gasteiger partial charge < -0.3 is 19.8 Å². The lowest BCUT2D eigenvalue weighted by molar-refractivity contribution is -0.117. The molecule has 0 aliphatic carbocycles. The Morgan fingerprint density at radius 1 is 1.37 bits per heavy atom. The highest BCUT2D eigenvalue weighted by molar-refractivity contribution is 5.83. The normalized spacial score (nSPS) is 13.7. The number of nitrogens with zero attached hydrogens (tertiary/aromatic N) is 2. The van der Waals surface area contributed by atoms with E-state index in [0.717, 1.165) is 11.0 Å². The number of imidazole rings is 1. The number of benzene rings is 1. The third kappa shape index (κ3) is 2.09. The lowest BCUT2D eigenvalue weighted by atomic mass is 10.2. The Labute approximate surface area is 110 Å². The first kappa shape index (κ1) is 11.8. The number of hydrogen-bond acceptors (Lipinski definition) is 5. The predicted octanol–water partition coefficient (Wildman–Crippen LogP) is 1.37. The van der Waals surface area contributed by atoms with Crippen LogP contribution in [0.3, 0.4) is 0 Å². The van der Waals surface area contributed by atoms with E-state index in [1.54, 1.807) is 6.92 Å². The summed E-state index contributed by atoms with van der Waals surface area (Å²) in [5, 5.41) is 0. The predicted molar refractivity (Wildman–Crippen MR) is 70.4 cm³/mol. The second-order valence-corrected chi connectivity index (χ2v) is 4.56. The van der Waals surface area contributed by atoms with Gasteiger partial charge in [0, 0.05) is 25.1 Å². The molecule has 1 aliphatic rings. The van der Waals surface area contributed by atoms with E-state index in [-0.39, 0.29) is 5.78 Å². The monoisotopic (exact) mass is 261 g/mol. The summed E-state index contributed by atoms with van der Waals surface area (Å²) in [7, 11) is 0. The topological polar surface area (TPSA) is 79.4 Å². The van der Waals surface area contributed by atoms with Crippen molar-refractivity contribution in [2.45, 2.75) is 19.9 Å². The fourth-order valence-electron chi connectivity index (χ4n) is 2.18. The number of nitrogens with two attached hydrogens (primary N) is 1. The van der Waals surface area contributed by atoms with E-state index >= 15 is 0 Å². The van der Waals surface area contributed by atoms with Gasteiger partial charge in [0.05, 0.1) is 11.0 Å². The smallest absolute Gasteiger partial charge is 0.201 e. The molecule has 0 spiro atoms. The fourth-order valence-corrected chi connectivity index (χ4v) is 2.18. The standard InChI is InChI=1S/C13H15N3O3/c1-8(17)2-3-16-10-7-12-11(18-4-5-19-12)6-9(10)15-13(16)14/h6-7H,2-5H2,1H3,(H2,14,15). The molecular formula is C13H15N3O3. The molecule has 2 aromatic rings. The minimum absolute atomic E-state index is 0.124. The number of carbonyl (C=O) groups excluding carboxylic acids is 1. The van der Waals surface area contributed by atoms with Gasteiger partial charge in [0.25, 0.3) is 0 Å². The van der Waals surface area contributed by atoms with E-state index in [0.29, 0.717) is 43.6 Å². The third-order valence-corrected chi connectivity index (χ3v) is 3.13. The zero-order valence-electron chi connectivity index (χ0n) is 10.7. The van der Waals surface area contributed by atoms with Crippen molar-refractivity contribution >= 4 is 22.8 Å². The Morgan fingerprint density at radius 3 is 2.74 bits per heavy atom. The Bertz CT molecular complexity index is 648. The quantitative estimate of drug-likeness (QED) is 0.902. The lowest BCUT2D eigenvalue weighted by Crippen LogP contribution is -2.15. The van der Waals surface area contributed by atoms with E-state index in [1.807, 2.05) is 16.7 Å². The molecule has 0 fully saturated rings. The molecule has 2 heterocycles. The second kappa shape index (κ2) is 4.46. The number of aromatic nitrogens is 2. The number of aryl methyl sites for hydroxylation is 1. The molecule has 2 N–H and O–H groups in total. The van der Waals surface area contributed by atoms with Crippen LogP contribution in [0.5, 0.6) is 11.5 Å². The number of fused-ring (bicyclic) bond motifs is 2. The van der Waals surface area contributed by atoms with Crippen LogP contribution in [0.2, 0.25) is 0 Å². The molecule has 1 aromatic carbocycles. The largest absolute Gasteiger partial charge is 0.486 e. The minimum Gasteiger partial charge on any atom is -0.486 e. The number of Topliss-reactive ketones (excluding diaryl/α,β-unsaturated/α-hetero) is 1. The van der Waals surface area contributed by atoms with Gasteiger partial charge in [-0.15, -0.1) is 0 Å². The van der Waals surface area contributed by atoms with E-state index in [9.17, 15) is 4.79 Å². The average molecular weight is 261 g/mol. The molecular weight excluding hydrogens is 246 g/mol. The Balaban J connectivity index is 2.06. The number of rotatable bonds is 3. The summed E-state index contributed by atoms with van der Waals surface area (Å²) in [5.41, 5.74) is 7.52. The zero-order valence-corrected chi connectivity index (χ0v) is 10.7. The maximum atomic E-state index is 11.1. The lowest BCUT2D eigenvalue weighted by Gasteiger charge is -2.18. The number of ether oxygens (including phenoxy) is 2. The summed E-state index contributed by atoms with van der Waals surface area (Å²) in [6.07, 6.45) is 0.435. The maximum Gasteiger partial charge on any atom is 0.201 e. The highest BCUT2D eigenvalue weighted by atomic mass is 16.6. The molecule has 100 valence electrons. The van der Waals surface area contributed by atoms with Crippen LogP contribution in [-0.4, -0.2) is 28.5 Å². The summed E-state index contributed by atoms with van der Waals surface area (Å²) in [6.45, 7) is 3.17. The molecule has 0 radical (unpaired) electrons. The first-order valence-electron chi connectivity index (χ1n) is 6.20. The van der Waals surface area contributed by atoms with Crippen LogP contribution in [0.15, 0.2) is 12.1 Å². The van der Waals surface area contributed by atoms with Crippen molar-refractivity contribution in [1.82, 2.24) is 9.55 Å². The maximum absolute atomic E-state index is 11.1. The average Bonchev–Trinajstić information content (AvgIpc) is 2.68. The van der Waals surface area contributed by atoms with Gasteiger partial charge >= 0.3 is 0 Å². The van der Waals surface area contributed by atoms with E-state index in [4.69, 9.17) is 15.2 Å². The van der Waals surface area contributed by atoms with Crippen molar-refractivity contribution in [1.29, 1.82) is 0 Å². The molecule has 0 amide bonds. The van der Waals surface area contributed by atoms with Crippen LogP contribution >= 0.6 is 0 Å². The summed E-state index contributed by atoms with van der Waals surface area (Å²) in [5.74, 6) is 1.91. The molecule has 0 saturated carbocycles. The van der Waals surface area contributed by atoms with Crippen LogP contribution in [-0.2, 0) is 11.3 Å². The summed E-state index contributed by atoms with van der Waals surface area (Å²) < 4.78 is 12.9. The molecule has 6 heteroatoms. The number of carbonyl (C=O) groups is 1. The van der Waals surface area contributed by atoms with Gasteiger partial charge in [-0.25, -0.2) is 4.98 Å². The van der Waals surface area contributed by atoms with Crippen molar-refractivity contribution in [2.24, 2.45) is 0 Å². The van der Waals surface area contributed by atoms with Gasteiger partial charge in [0.2, 0.25) is 5.95 Å². The summed E-state index contributed by atoms with van der Waals surface area (Å²) in [4.78, 5) is 15.4. The third-order valence-electron chi connectivity index (χ3n) is 3.13. The van der Waals surface area contributed by atoms with Crippen LogP contribution in [0.4, 0.5) is 5.95 Å². The first-order valence-corrected chi connectivity index (χ1v) is 6.20. The van der Waals surface area contributed by atoms with Crippen LogP contribution in [0.1, 0.15) is 13.3 Å². The molecule has 0 saturated heterocycles. The highest BCUT2D eigenvalue weighted by Crippen LogP contribution is 2.35. The Kier molecular flexibility index (Phi) is 2.77. The molecule has 1 aromatic heterocycles. The first-order chi connectivity index (χ1) is 9.15. The van der Waals surface area contributed by atoms with E-state index < -0.39 is 0 Å². The van der Waals surface area contributed by atoms with Crippen LogP contribution in [0, 0.1) is 0 Å². The number of hydrogen-bond donors (Lipinski definition) is 1. The van der Waals surface area contributed by atoms with Crippen molar-refractivity contribution in [2.75, 3.05) is 18.9 Å². The minimum atomic E-state index is 0.124. The van der Waals surface area contributed by atoms with Crippen molar-refractivity contribution in [3.05, 3.63) is 12.1 Å². The number of ketones is 1. The van der Waals surface area contributed by atoms with Gasteiger partial charge in [-0.05, 0) is 6.92 Å². The molecule has 6 nitrogen and oxygen atoms in total. The Morgan fingerprint density at radius 2 is 2.05 bits per heavy atom. The number of anilines is 1. The van der Waals surface area contributed by atoms with Crippen LogP contribution in [0.25, 0.3) is 11.0 Å². The van der Waals surface area contributed by atoms with Gasteiger partial charge in [0.1, 0.15) is 19.0 Å². The molecule has 1 aliphatic heterocycles. The summed E-state index contributed by atoms with van der Waals surface area (Å²) >= 11 is 0. The van der Waals surface area contributed by atoms with Crippen LogP contribution < -0.4 is 15.2 Å². The molecule has 0 atom stereocenters. The zero-order chi connectivity index (χ0) is 13.4. The molecule has 0 bridgehead atoms. The molecule has 19 heavy (non-hydrogen) atoms. The van der Waals surface area contributed by atoms with Gasteiger partial charge in [-0.1, -0.05) is 0 Å². The summed E-state index contributed by atoms with van der Waals surface area (Å²) in [6, 6.07) is 3.69. The van der Waals surface area contributed by atoms with Gasteiger partial charge in [-0.2, -0.15) is 0 Å². The van der Waals surface area contributed by atoms with Crippen molar-refractivity contribution in [3.8, 4) is 11.5 Å². The Hall–Kier alpha value is -2.24. The van der Waals surface area contributed by atoms with Gasteiger partial charge in [-0.3, -0.25) is 4.79 Å². The highest BCUT2D eigenvalue weighted by Gasteiger charge is 2.17. The van der Waals surface area contributed by atoms with E-state index in [1.165, 1.54) is 0 Å².